The molecule has 7 heteroatoms. The second-order valence-electron chi connectivity index (χ2n) is 7.08. The summed E-state index contributed by atoms with van der Waals surface area (Å²) in [5.41, 5.74) is 3.01. The van der Waals surface area contributed by atoms with Gasteiger partial charge >= 0.3 is 0 Å². The monoisotopic (exact) mass is 387 g/mol. The number of nitro benzene ring substituents is 1. The lowest BCUT2D eigenvalue weighted by Crippen LogP contribution is -2.42. The molecule has 1 heterocycles. The van der Waals surface area contributed by atoms with Crippen LogP contribution in [0, 0.1) is 15.9 Å². The van der Waals surface area contributed by atoms with Gasteiger partial charge in [-0.2, -0.15) is 0 Å². The van der Waals surface area contributed by atoms with Gasteiger partial charge in [-0.05, 0) is 50.6 Å². The molecule has 1 aliphatic rings. The molecule has 2 aromatic rings. The third kappa shape index (κ3) is 3.57. The van der Waals surface area contributed by atoms with Crippen LogP contribution in [0.25, 0.3) is 5.57 Å². The van der Waals surface area contributed by atoms with Crippen molar-refractivity contribution in [3.8, 4) is 0 Å². The van der Waals surface area contributed by atoms with Crippen LogP contribution in [0.5, 0.6) is 0 Å². The number of nitro groups is 1. The third-order valence-corrected chi connectivity index (χ3v) is 5.13. The largest absolute Gasteiger partial charge is 0.365 e. The van der Waals surface area contributed by atoms with Crippen molar-refractivity contribution in [2.45, 2.75) is 26.3 Å². The van der Waals surface area contributed by atoms with E-state index in [0.29, 0.717) is 11.3 Å². The summed E-state index contributed by atoms with van der Waals surface area (Å²) in [6.45, 7) is 6.13. The fourth-order valence-corrected chi connectivity index (χ4v) is 3.34. The molecule has 0 amide bonds. The third-order valence-electron chi connectivity index (χ3n) is 4.81. The highest BCUT2D eigenvalue weighted by molar-refractivity contribution is 6.32. The Morgan fingerprint density at radius 3 is 2.67 bits per heavy atom. The molecular weight excluding hydrogens is 369 g/mol. The van der Waals surface area contributed by atoms with Gasteiger partial charge in [-0.25, -0.2) is 4.39 Å². The molecule has 0 saturated heterocycles. The number of nitrogens with zero attached hydrogens (tertiary/aromatic N) is 3. The molecule has 0 bridgehead atoms. The second-order valence-corrected chi connectivity index (χ2v) is 7.49. The van der Waals surface area contributed by atoms with Crippen molar-refractivity contribution in [3.63, 3.8) is 0 Å². The quantitative estimate of drug-likeness (QED) is 0.381. The van der Waals surface area contributed by atoms with Crippen LogP contribution < -0.4 is 4.90 Å². The van der Waals surface area contributed by atoms with Crippen molar-refractivity contribution in [2.75, 3.05) is 11.9 Å². The summed E-state index contributed by atoms with van der Waals surface area (Å²) < 4.78 is 14.6. The summed E-state index contributed by atoms with van der Waals surface area (Å²) in [7, 11) is 1.93. The van der Waals surface area contributed by atoms with Gasteiger partial charge in [0.2, 0.25) is 0 Å². The average Bonchev–Trinajstić information content (AvgIpc) is 2.59. The van der Waals surface area contributed by atoms with Crippen LogP contribution >= 0.6 is 11.6 Å². The van der Waals surface area contributed by atoms with Crippen molar-refractivity contribution < 1.29 is 9.31 Å². The van der Waals surface area contributed by atoms with E-state index in [1.807, 2.05) is 18.9 Å². The molecule has 2 aromatic carbocycles. The van der Waals surface area contributed by atoms with Crippen molar-refractivity contribution in [2.24, 2.45) is 4.99 Å². The molecule has 0 atom stereocenters. The van der Waals surface area contributed by atoms with Crippen molar-refractivity contribution in [3.05, 3.63) is 68.5 Å². The van der Waals surface area contributed by atoms with Gasteiger partial charge in [-0.15, -0.1) is 0 Å². The standard InChI is InChI=1S/C20H19ClFN3O2/c1-12-10-20(2,3)24(4)18-9-17(22)13(7-15(12)18)11-23-14-5-6-16(21)19(8-14)25(26)27/h5-11H,1-4H3. The van der Waals surface area contributed by atoms with Gasteiger partial charge in [0.25, 0.3) is 5.69 Å². The van der Waals surface area contributed by atoms with Crippen molar-refractivity contribution in [1.29, 1.82) is 0 Å². The molecule has 0 saturated carbocycles. The van der Waals surface area contributed by atoms with E-state index < -0.39 is 10.7 Å². The number of likely N-dealkylation sites (N-methyl/N-ethyl adjacent to an activating group) is 1. The molecule has 0 aliphatic carbocycles. The molecular formula is C20H19ClFN3O2. The SMILES string of the molecule is CC1=CC(C)(C)N(C)c2cc(F)c(C=Nc3ccc(Cl)c([N+](=O)[O-])c3)cc21. The smallest absolute Gasteiger partial charge is 0.290 e. The van der Waals surface area contributed by atoms with Gasteiger partial charge in [0, 0.05) is 36.1 Å². The van der Waals surface area contributed by atoms with Crippen LogP contribution in [0.15, 0.2) is 41.4 Å². The predicted molar refractivity (Wildman–Crippen MR) is 108 cm³/mol. The number of hydrogen-bond acceptors (Lipinski definition) is 4. The minimum absolute atomic E-state index is 0.0327. The van der Waals surface area contributed by atoms with Crippen LogP contribution in [-0.4, -0.2) is 23.7 Å². The fourth-order valence-electron chi connectivity index (χ4n) is 3.15. The van der Waals surface area contributed by atoms with Gasteiger partial charge in [-0.3, -0.25) is 15.1 Å². The number of allylic oxidation sites excluding steroid dienone is 1. The zero-order chi connectivity index (χ0) is 19.9. The number of fused-ring (bicyclic) bond motifs is 1. The molecule has 0 fully saturated rings. The van der Waals surface area contributed by atoms with Crippen LogP contribution in [0.4, 0.5) is 21.5 Å². The van der Waals surface area contributed by atoms with Crippen LogP contribution in [0.1, 0.15) is 31.9 Å². The van der Waals surface area contributed by atoms with E-state index in [9.17, 15) is 14.5 Å². The number of aliphatic imine (C=N–C) groups is 1. The number of hydrogen-bond donors (Lipinski definition) is 0. The first-order valence-corrected chi connectivity index (χ1v) is 8.73. The van der Waals surface area contributed by atoms with E-state index >= 15 is 0 Å². The molecule has 0 radical (unpaired) electrons. The van der Waals surface area contributed by atoms with Crippen LogP contribution in [-0.2, 0) is 0 Å². The normalized spacial score (nSPS) is 15.6. The number of halogens is 2. The maximum Gasteiger partial charge on any atom is 0.290 e. The van der Waals surface area contributed by atoms with E-state index in [4.69, 9.17) is 11.6 Å². The Balaban J connectivity index is 2.00. The molecule has 0 aromatic heterocycles. The molecule has 0 unspecified atom stereocenters. The highest BCUT2D eigenvalue weighted by Gasteiger charge is 2.29. The first-order chi connectivity index (χ1) is 12.6. The number of benzene rings is 2. The predicted octanol–water partition coefficient (Wildman–Crippen LogP) is 5.77. The van der Waals surface area contributed by atoms with Gasteiger partial charge in [0.1, 0.15) is 10.8 Å². The summed E-state index contributed by atoms with van der Waals surface area (Å²) in [5, 5.41) is 11.0. The zero-order valence-electron chi connectivity index (χ0n) is 15.5. The Bertz CT molecular complexity index is 999. The summed E-state index contributed by atoms with van der Waals surface area (Å²) in [5.74, 6) is -0.404. The average molecular weight is 388 g/mol. The Labute approximate surface area is 161 Å². The molecule has 1 aliphatic heterocycles. The Morgan fingerprint density at radius 1 is 1.30 bits per heavy atom. The maximum absolute atomic E-state index is 14.6. The first kappa shape index (κ1) is 19.0. The summed E-state index contributed by atoms with van der Waals surface area (Å²) in [6, 6.07) is 7.45. The Hall–Kier alpha value is -2.73. The Kier molecular flexibility index (Phi) is 4.78. The highest BCUT2D eigenvalue weighted by Crippen LogP contribution is 2.39. The minimum atomic E-state index is -0.577. The number of rotatable bonds is 3. The number of anilines is 1. The van der Waals surface area contributed by atoms with E-state index in [-0.39, 0.29) is 16.2 Å². The topological polar surface area (TPSA) is 58.7 Å². The van der Waals surface area contributed by atoms with E-state index in [1.165, 1.54) is 24.4 Å². The second kappa shape index (κ2) is 6.78. The van der Waals surface area contributed by atoms with Crippen LogP contribution in [0.3, 0.4) is 0 Å². The Morgan fingerprint density at radius 2 is 2.00 bits per heavy atom. The van der Waals surface area contributed by atoms with Gasteiger partial charge < -0.3 is 4.90 Å². The van der Waals surface area contributed by atoms with Gasteiger partial charge in [-0.1, -0.05) is 17.7 Å². The van der Waals surface area contributed by atoms with Crippen molar-refractivity contribution >= 4 is 40.5 Å². The summed E-state index contributed by atoms with van der Waals surface area (Å²) >= 11 is 5.80. The lowest BCUT2D eigenvalue weighted by molar-refractivity contribution is -0.384. The van der Waals surface area contributed by atoms with E-state index in [2.05, 4.69) is 24.9 Å². The summed E-state index contributed by atoms with van der Waals surface area (Å²) in [4.78, 5) is 16.6. The van der Waals surface area contributed by atoms with Crippen molar-refractivity contribution in [1.82, 2.24) is 0 Å². The van der Waals surface area contributed by atoms with E-state index in [0.717, 1.165) is 16.8 Å². The van der Waals surface area contributed by atoms with Gasteiger partial charge in [0.05, 0.1) is 16.1 Å². The fraction of sp³-hybridized carbons (Fsp3) is 0.250. The van der Waals surface area contributed by atoms with Crippen LogP contribution in [0.2, 0.25) is 5.02 Å². The van der Waals surface area contributed by atoms with Gasteiger partial charge in [0.15, 0.2) is 0 Å². The molecule has 140 valence electrons. The molecule has 5 nitrogen and oxygen atoms in total. The maximum atomic E-state index is 14.6. The molecule has 3 rings (SSSR count). The van der Waals surface area contributed by atoms with E-state index in [1.54, 1.807) is 12.1 Å². The summed E-state index contributed by atoms with van der Waals surface area (Å²) in [6.07, 6.45) is 3.51. The highest BCUT2D eigenvalue weighted by atomic mass is 35.5. The zero-order valence-corrected chi connectivity index (χ0v) is 16.2. The molecule has 27 heavy (non-hydrogen) atoms. The lowest BCUT2D eigenvalue weighted by atomic mass is 9.88. The molecule has 0 spiro atoms. The molecule has 0 N–H and O–H groups in total. The minimum Gasteiger partial charge on any atom is -0.365 e. The first-order valence-electron chi connectivity index (χ1n) is 8.35. The lowest BCUT2D eigenvalue weighted by Gasteiger charge is -2.40.